The molecule has 1 aliphatic heterocycles. The van der Waals surface area contributed by atoms with E-state index in [0.29, 0.717) is 35.5 Å². The second-order valence-corrected chi connectivity index (χ2v) is 6.07. The quantitative estimate of drug-likeness (QED) is 0.783. The first-order valence-electron chi connectivity index (χ1n) is 7.99. The van der Waals surface area contributed by atoms with Gasteiger partial charge in [0.25, 0.3) is 0 Å². The van der Waals surface area contributed by atoms with Crippen LogP contribution in [0.2, 0.25) is 6.82 Å². The van der Waals surface area contributed by atoms with Crippen molar-refractivity contribution in [3.05, 3.63) is 17.5 Å². The van der Waals surface area contributed by atoms with Gasteiger partial charge in [0, 0.05) is 24.7 Å². The van der Waals surface area contributed by atoms with Gasteiger partial charge in [-0.2, -0.15) is 0 Å². The molecule has 24 heavy (non-hydrogen) atoms. The molecule has 1 fully saturated rings. The fourth-order valence-electron chi connectivity index (χ4n) is 3.06. The van der Waals surface area contributed by atoms with Gasteiger partial charge in [0.15, 0.2) is 5.75 Å². The molecule has 8 nitrogen and oxygen atoms in total. The molecule has 0 amide bonds. The molecule has 1 aliphatic rings. The van der Waals surface area contributed by atoms with Crippen molar-refractivity contribution in [2.45, 2.75) is 45.7 Å². The zero-order valence-corrected chi connectivity index (χ0v) is 13.9. The molecule has 9 heteroatoms. The molecule has 0 unspecified atom stereocenters. The number of rotatable bonds is 5. The highest BCUT2D eigenvalue weighted by Crippen LogP contribution is 2.31. The van der Waals surface area contributed by atoms with Crippen LogP contribution in [0.1, 0.15) is 24.7 Å². The SMILES string of the molecule is CCc1cc(O[C@@H]2C[C@@H](C(=O)O)N(B(C)O)C2)c2onc(C)c2n1. The predicted octanol–water partition coefficient (Wildman–Crippen LogP) is 1.11. The highest BCUT2D eigenvalue weighted by Gasteiger charge is 2.41. The predicted molar refractivity (Wildman–Crippen MR) is 86.9 cm³/mol. The Morgan fingerprint density at radius 3 is 2.92 bits per heavy atom. The molecular weight excluding hydrogens is 313 g/mol. The Bertz CT molecular complexity index is 763. The fourth-order valence-corrected chi connectivity index (χ4v) is 3.06. The summed E-state index contributed by atoms with van der Waals surface area (Å²) in [4.78, 5) is 17.4. The van der Waals surface area contributed by atoms with Crippen LogP contribution in [0.25, 0.3) is 11.1 Å². The first-order valence-corrected chi connectivity index (χ1v) is 7.99. The van der Waals surface area contributed by atoms with Crippen molar-refractivity contribution in [3.8, 4) is 5.75 Å². The van der Waals surface area contributed by atoms with Gasteiger partial charge < -0.3 is 24.2 Å². The third kappa shape index (κ3) is 2.96. The second kappa shape index (κ2) is 6.41. The van der Waals surface area contributed by atoms with Crippen LogP contribution in [0.4, 0.5) is 0 Å². The minimum atomic E-state index is -0.966. The Morgan fingerprint density at radius 1 is 1.58 bits per heavy atom. The van der Waals surface area contributed by atoms with Gasteiger partial charge in [-0.25, -0.2) is 4.98 Å². The average Bonchev–Trinajstić information content (AvgIpc) is 3.12. The maximum absolute atomic E-state index is 11.4. The molecule has 0 aromatic carbocycles. The number of aromatic nitrogens is 2. The summed E-state index contributed by atoms with van der Waals surface area (Å²) in [7, 11) is -0.851. The van der Waals surface area contributed by atoms with E-state index in [1.807, 2.05) is 13.8 Å². The van der Waals surface area contributed by atoms with Gasteiger partial charge in [0.1, 0.15) is 23.4 Å². The van der Waals surface area contributed by atoms with Crippen molar-refractivity contribution >= 4 is 24.1 Å². The highest BCUT2D eigenvalue weighted by atomic mass is 16.5. The third-order valence-corrected chi connectivity index (χ3v) is 4.33. The van der Waals surface area contributed by atoms with Gasteiger partial charge in [0.05, 0.1) is 0 Å². The highest BCUT2D eigenvalue weighted by molar-refractivity contribution is 6.45. The number of pyridine rings is 1. The summed E-state index contributed by atoms with van der Waals surface area (Å²) in [5.74, 6) is -0.453. The molecule has 2 aromatic heterocycles. The molecular formula is C15H20BN3O5. The average molecular weight is 333 g/mol. The topological polar surface area (TPSA) is 109 Å². The number of aryl methyl sites for hydroxylation is 2. The molecule has 2 atom stereocenters. The Morgan fingerprint density at radius 2 is 2.33 bits per heavy atom. The minimum absolute atomic E-state index is 0.290. The fraction of sp³-hybridized carbons (Fsp3) is 0.533. The minimum Gasteiger partial charge on any atom is -0.485 e. The Hall–Kier alpha value is -2.13. The van der Waals surface area contributed by atoms with Crippen LogP contribution >= 0.6 is 0 Å². The Kier molecular flexibility index (Phi) is 4.46. The molecule has 3 heterocycles. The zero-order chi connectivity index (χ0) is 17.4. The van der Waals surface area contributed by atoms with Gasteiger partial charge in [-0.3, -0.25) is 4.79 Å². The van der Waals surface area contributed by atoms with E-state index in [1.54, 1.807) is 12.9 Å². The summed E-state index contributed by atoms with van der Waals surface area (Å²) < 4.78 is 11.3. The van der Waals surface area contributed by atoms with E-state index in [2.05, 4.69) is 10.1 Å². The molecule has 0 bridgehead atoms. The van der Waals surface area contributed by atoms with Gasteiger partial charge in [-0.15, -0.1) is 0 Å². The van der Waals surface area contributed by atoms with Crippen LogP contribution in [0.3, 0.4) is 0 Å². The molecule has 0 radical (unpaired) electrons. The monoisotopic (exact) mass is 333 g/mol. The van der Waals surface area contributed by atoms with Crippen LogP contribution in [0, 0.1) is 6.92 Å². The van der Waals surface area contributed by atoms with Gasteiger partial charge in [-0.1, -0.05) is 12.1 Å². The summed E-state index contributed by atoms with van der Waals surface area (Å²) in [5.41, 5.74) is 2.66. The lowest BCUT2D eigenvalue weighted by Gasteiger charge is -2.21. The number of nitrogens with zero attached hydrogens (tertiary/aromatic N) is 3. The molecule has 128 valence electrons. The van der Waals surface area contributed by atoms with E-state index in [-0.39, 0.29) is 6.10 Å². The van der Waals surface area contributed by atoms with Gasteiger partial charge in [-0.05, 0) is 20.2 Å². The number of aliphatic carboxylic acids is 1. The third-order valence-electron chi connectivity index (χ3n) is 4.33. The Labute approximate surface area is 139 Å². The number of hydrogen-bond acceptors (Lipinski definition) is 7. The van der Waals surface area contributed by atoms with Crippen molar-refractivity contribution in [2.24, 2.45) is 0 Å². The van der Waals surface area contributed by atoms with Crippen LogP contribution in [0.5, 0.6) is 5.75 Å². The summed E-state index contributed by atoms with van der Waals surface area (Å²) >= 11 is 0. The molecule has 0 saturated carbocycles. The van der Waals surface area contributed by atoms with Crippen LogP contribution in [0.15, 0.2) is 10.6 Å². The second-order valence-electron chi connectivity index (χ2n) is 6.07. The maximum Gasteiger partial charge on any atom is 0.377 e. The number of fused-ring (bicyclic) bond motifs is 1. The summed E-state index contributed by atoms with van der Waals surface area (Å²) in [5, 5.41) is 23.0. The van der Waals surface area contributed by atoms with E-state index < -0.39 is 19.1 Å². The van der Waals surface area contributed by atoms with Gasteiger partial charge >= 0.3 is 13.0 Å². The van der Waals surface area contributed by atoms with Crippen molar-refractivity contribution in [3.63, 3.8) is 0 Å². The molecule has 3 rings (SSSR count). The first-order chi connectivity index (χ1) is 11.4. The molecule has 0 spiro atoms. The molecule has 2 aromatic rings. The molecule has 2 N–H and O–H groups in total. The van der Waals surface area contributed by atoms with Crippen molar-refractivity contribution in [1.29, 1.82) is 0 Å². The maximum atomic E-state index is 11.4. The first kappa shape index (κ1) is 16.7. The van der Waals surface area contributed by atoms with Crippen molar-refractivity contribution in [2.75, 3.05) is 6.54 Å². The smallest absolute Gasteiger partial charge is 0.377 e. The van der Waals surface area contributed by atoms with Crippen LogP contribution in [-0.2, 0) is 11.2 Å². The van der Waals surface area contributed by atoms with E-state index in [4.69, 9.17) is 9.26 Å². The van der Waals surface area contributed by atoms with E-state index in [1.165, 1.54) is 4.81 Å². The number of carboxylic acid groups (broad SMARTS) is 1. The zero-order valence-electron chi connectivity index (χ0n) is 13.9. The van der Waals surface area contributed by atoms with E-state index >= 15 is 0 Å². The van der Waals surface area contributed by atoms with Crippen molar-refractivity contribution < 1.29 is 24.2 Å². The molecule has 1 saturated heterocycles. The molecule has 0 aliphatic carbocycles. The largest absolute Gasteiger partial charge is 0.485 e. The van der Waals surface area contributed by atoms with Crippen LogP contribution in [-0.4, -0.2) is 56.8 Å². The van der Waals surface area contributed by atoms with Gasteiger partial charge in [0.2, 0.25) is 5.58 Å². The number of carboxylic acids is 1. The number of hydrogen-bond donors (Lipinski definition) is 2. The summed E-state index contributed by atoms with van der Waals surface area (Å²) in [6.45, 7) is 5.68. The normalized spacial score (nSPS) is 21.3. The Balaban J connectivity index is 1.89. The van der Waals surface area contributed by atoms with E-state index in [9.17, 15) is 14.9 Å². The number of carbonyl (C=O) groups is 1. The lowest BCUT2D eigenvalue weighted by molar-refractivity contribution is -0.141. The summed E-state index contributed by atoms with van der Waals surface area (Å²) in [6, 6.07) is 1.03. The standard InChI is InChI=1S/C15H20BN3O5/c1-4-9-5-12(14-13(17-9)8(2)18-24-14)23-10-6-11(15(20)21)19(7-10)16(3)22/h5,10-11,22H,4,6-7H2,1-3H3,(H,20,21)/t10-,11+/m1/s1. The van der Waals surface area contributed by atoms with Crippen LogP contribution < -0.4 is 4.74 Å². The van der Waals surface area contributed by atoms with Crippen molar-refractivity contribution in [1.82, 2.24) is 15.0 Å². The van der Waals surface area contributed by atoms with E-state index in [0.717, 1.165) is 12.1 Å². The summed E-state index contributed by atoms with van der Waals surface area (Å²) in [6.07, 6.45) is 0.666. The lowest BCUT2D eigenvalue weighted by Crippen LogP contribution is -2.45. The lowest BCUT2D eigenvalue weighted by atomic mass is 9.84. The number of ether oxygens (including phenoxy) is 1.